The molecule has 1 aromatic heterocycles. The van der Waals surface area contributed by atoms with Gasteiger partial charge in [-0.3, -0.25) is 0 Å². The summed E-state index contributed by atoms with van der Waals surface area (Å²) >= 11 is 0. The lowest BCUT2D eigenvalue weighted by Gasteiger charge is -2.07. The molecule has 4 nitrogen and oxygen atoms in total. The van der Waals surface area contributed by atoms with Crippen molar-refractivity contribution in [3.63, 3.8) is 0 Å². The summed E-state index contributed by atoms with van der Waals surface area (Å²) in [4.78, 5) is 4.13. The van der Waals surface area contributed by atoms with E-state index in [1.165, 1.54) is 0 Å². The van der Waals surface area contributed by atoms with E-state index in [-0.39, 0.29) is 6.61 Å². The van der Waals surface area contributed by atoms with E-state index in [2.05, 4.69) is 4.98 Å². The van der Waals surface area contributed by atoms with Crippen molar-refractivity contribution in [1.82, 2.24) is 4.98 Å². The Kier molecular flexibility index (Phi) is 4.49. The minimum atomic E-state index is -0.528. The predicted molar refractivity (Wildman–Crippen MR) is 72.2 cm³/mol. The predicted octanol–water partition coefficient (Wildman–Crippen LogP) is 2.46. The van der Waals surface area contributed by atoms with Crippen LogP contribution in [0.25, 0.3) is 0 Å². The van der Waals surface area contributed by atoms with Crippen LogP contribution in [-0.2, 0) is 6.42 Å². The van der Waals surface area contributed by atoms with Crippen LogP contribution < -0.4 is 4.74 Å². The maximum absolute atomic E-state index is 9.38. The second kappa shape index (κ2) is 6.31. The summed E-state index contributed by atoms with van der Waals surface area (Å²) in [7, 11) is 0. The second-order valence-corrected chi connectivity index (χ2v) is 4.33. The maximum atomic E-state index is 9.38. The fourth-order valence-electron chi connectivity index (χ4n) is 1.67. The van der Waals surface area contributed by atoms with Crippen LogP contribution in [0.5, 0.6) is 11.6 Å². The second-order valence-electron chi connectivity index (χ2n) is 4.33. The van der Waals surface area contributed by atoms with Crippen LogP contribution in [0.4, 0.5) is 0 Å². The van der Waals surface area contributed by atoms with Gasteiger partial charge in [0.25, 0.3) is 0 Å². The van der Waals surface area contributed by atoms with Crippen LogP contribution >= 0.6 is 0 Å². The van der Waals surface area contributed by atoms with Gasteiger partial charge < -0.3 is 14.9 Å². The van der Waals surface area contributed by atoms with E-state index in [1.807, 2.05) is 24.3 Å². The van der Waals surface area contributed by atoms with Gasteiger partial charge in [0.2, 0.25) is 5.88 Å². The number of aliphatic hydroxyl groups is 2. The van der Waals surface area contributed by atoms with Crippen molar-refractivity contribution in [2.24, 2.45) is 0 Å². The monoisotopic (exact) mass is 259 g/mol. The molecule has 0 amide bonds. The zero-order valence-corrected chi connectivity index (χ0v) is 10.8. The fraction of sp³-hybridized carbons (Fsp3) is 0.267. The lowest BCUT2D eigenvalue weighted by molar-refractivity contribution is 0.198. The van der Waals surface area contributed by atoms with Gasteiger partial charge in [0.05, 0.1) is 6.10 Å². The van der Waals surface area contributed by atoms with Gasteiger partial charge in [-0.25, -0.2) is 4.98 Å². The molecule has 2 N–H and O–H groups in total. The largest absolute Gasteiger partial charge is 0.439 e. The number of aromatic nitrogens is 1. The van der Waals surface area contributed by atoms with E-state index >= 15 is 0 Å². The number of nitrogens with zero attached hydrogens (tertiary/aromatic N) is 1. The van der Waals surface area contributed by atoms with Crippen molar-refractivity contribution < 1.29 is 14.9 Å². The summed E-state index contributed by atoms with van der Waals surface area (Å²) in [5.74, 6) is 1.18. The molecule has 4 heteroatoms. The number of pyridine rings is 1. The van der Waals surface area contributed by atoms with Crippen molar-refractivity contribution in [3.05, 3.63) is 53.7 Å². The van der Waals surface area contributed by atoms with Crippen LogP contribution in [0.3, 0.4) is 0 Å². The molecule has 1 aromatic carbocycles. The summed E-state index contributed by atoms with van der Waals surface area (Å²) in [5, 5.41) is 18.2. The SMILES string of the molecule is C[C@H](O)c1ccc(Oc2ccc(CCO)cc2)nc1. The first-order valence-corrected chi connectivity index (χ1v) is 6.20. The number of hydrogen-bond donors (Lipinski definition) is 2. The molecule has 0 spiro atoms. The molecule has 2 aromatic rings. The van der Waals surface area contributed by atoms with Gasteiger partial charge in [-0.05, 0) is 42.7 Å². The molecule has 1 heterocycles. The Morgan fingerprint density at radius 2 is 1.89 bits per heavy atom. The van der Waals surface area contributed by atoms with Gasteiger partial charge >= 0.3 is 0 Å². The van der Waals surface area contributed by atoms with Gasteiger partial charge in [-0.15, -0.1) is 0 Å². The summed E-state index contributed by atoms with van der Waals surface area (Å²) in [6.45, 7) is 1.83. The molecule has 19 heavy (non-hydrogen) atoms. The Labute approximate surface area is 112 Å². The minimum Gasteiger partial charge on any atom is -0.439 e. The van der Waals surface area contributed by atoms with E-state index in [1.54, 1.807) is 25.3 Å². The van der Waals surface area contributed by atoms with Gasteiger partial charge in [-0.1, -0.05) is 12.1 Å². The molecular formula is C15H17NO3. The van der Waals surface area contributed by atoms with Crippen LogP contribution in [0.15, 0.2) is 42.6 Å². The van der Waals surface area contributed by atoms with E-state index in [4.69, 9.17) is 9.84 Å². The average Bonchev–Trinajstić information content (AvgIpc) is 2.42. The summed E-state index contributed by atoms with van der Waals surface area (Å²) in [6.07, 6.45) is 1.71. The van der Waals surface area contributed by atoms with E-state index in [0.717, 1.165) is 11.1 Å². The van der Waals surface area contributed by atoms with Gasteiger partial charge in [-0.2, -0.15) is 0 Å². The van der Waals surface area contributed by atoms with Crippen molar-refractivity contribution in [2.75, 3.05) is 6.61 Å². The first-order valence-electron chi connectivity index (χ1n) is 6.20. The Bertz CT molecular complexity index is 506. The molecule has 0 radical (unpaired) electrons. The third-order valence-electron chi connectivity index (χ3n) is 2.79. The minimum absolute atomic E-state index is 0.141. The fourth-order valence-corrected chi connectivity index (χ4v) is 1.67. The number of ether oxygens (including phenoxy) is 1. The lowest BCUT2D eigenvalue weighted by Crippen LogP contribution is -1.94. The molecule has 0 saturated carbocycles. The number of aliphatic hydroxyl groups excluding tert-OH is 2. The highest BCUT2D eigenvalue weighted by Crippen LogP contribution is 2.21. The van der Waals surface area contributed by atoms with Gasteiger partial charge in [0.15, 0.2) is 0 Å². The molecule has 0 bridgehead atoms. The molecule has 100 valence electrons. The van der Waals surface area contributed by atoms with Crippen molar-refractivity contribution in [1.29, 1.82) is 0 Å². The van der Waals surface area contributed by atoms with Crippen LogP contribution in [0.1, 0.15) is 24.2 Å². The zero-order valence-electron chi connectivity index (χ0n) is 10.8. The molecule has 1 atom stereocenters. The summed E-state index contributed by atoms with van der Waals surface area (Å²) in [6, 6.07) is 11.0. The van der Waals surface area contributed by atoms with Gasteiger partial charge in [0, 0.05) is 18.9 Å². The average molecular weight is 259 g/mol. The first kappa shape index (κ1) is 13.5. The molecule has 0 aliphatic rings. The van der Waals surface area contributed by atoms with Gasteiger partial charge in [0.1, 0.15) is 5.75 Å². The van der Waals surface area contributed by atoms with Crippen molar-refractivity contribution in [3.8, 4) is 11.6 Å². The number of hydrogen-bond acceptors (Lipinski definition) is 4. The molecular weight excluding hydrogens is 242 g/mol. The Morgan fingerprint density at radius 3 is 2.42 bits per heavy atom. The highest BCUT2D eigenvalue weighted by atomic mass is 16.5. The Morgan fingerprint density at radius 1 is 1.16 bits per heavy atom. The highest BCUT2D eigenvalue weighted by Gasteiger charge is 2.03. The molecule has 2 rings (SSSR count). The Hall–Kier alpha value is -1.91. The molecule has 0 aliphatic heterocycles. The smallest absolute Gasteiger partial charge is 0.219 e. The first-order chi connectivity index (χ1) is 9.19. The molecule has 0 saturated heterocycles. The van der Waals surface area contributed by atoms with E-state index in [9.17, 15) is 5.11 Å². The number of rotatable bonds is 5. The summed E-state index contributed by atoms with van der Waals surface area (Å²) < 4.78 is 5.59. The van der Waals surface area contributed by atoms with Crippen LogP contribution in [-0.4, -0.2) is 21.8 Å². The van der Waals surface area contributed by atoms with E-state index < -0.39 is 6.10 Å². The molecule has 0 aliphatic carbocycles. The highest BCUT2D eigenvalue weighted by molar-refractivity contribution is 5.31. The summed E-state index contributed by atoms with van der Waals surface area (Å²) in [5.41, 5.74) is 1.82. The number of benzene rings is 1. The quantitative estimate of drug-likeness (QED) is 0.865. The lowest BCUT2D eigenvalue weighted by atomic mass is 10.1. The van der Waals surface area contributed by atoms with Crippen molar-refractivity contribution >= 4 is 0 Å². The topological polar surface area (TPSA) is 62.6 Å². The van der Waals surface area contributed by atoms with Crippen LogP contribution in [0.2, 0.25) is 0 Å². The van der Waals surface area contributed by atoms with Crippen molar-refractivity contribution in [2.45, 2.75) is 19.4 Å². The van der Waals surface area contributed by atoms with Crippen LogP contribution in [0, 0.1) is 0 Å². The normalized spacial score (nSPS) is 12.2. The Balaban J connectivity index is 2.04. The van der Waals surface area contributed by atoms with E-state index in [0.29, 0.717) is 18.1 Å². The maximum Gasteiger partial charge on any atom is 0.219 e. The standard InChI is InChI=1S/C15H17NO3/c1-11(18)13-4-7-15(16-10-13)19-14-5-2-12(3-6-14)8-9-17/h2-7,10-11,17-18H,8-9H2,1H3/t11-/m0/s1. The third-order valence-corrected chi connectivity index (χ3v) is 2.79. The molecule has 0 unspecified atom stereocenters. The zero-order chi connectivity index (χ0) is 13.7. The molecule has 0 fully saturated rings. The third kappa shape index (κ3) is 3.77.